The number of hydrogen-bond acceptors (Lipinski definition) is 4. The number of nitrogens with one attached hydrogen (secondary N) is 2. The number of nitrogens with two attached hydrogens (primary N) is 2. The molecule has 0 bridgehead atoms. The zero-order chi connectivity index (χ0) is 18.8. The fraction of sp³-hybridized carbons (Fsp3) is 0.438. The van der Waals surface area contributed by atoms with Gasteiger partial charge in [0, 0.05) is 10.0 Å². The largest absolute Gasteiger partial charge is 0.368 e. The molecule has 0 heterocycles. The molecule has 7 nitrogen and oxygen atoms in total. The van der Waals surface area contributed by atoms with Crippen LogP contribution in [0, 0.1) is 0 Å². The maximum atomic E-state index is 11.9. The molecule has 6 N–H and O–H groups in total. The Hall–Kier alpha value is -1.83. The maximum Gasteiger partial charge on any atom is 0.240 e. The summed E-state index contributed by atoms with van der Waals surface area (Å²) in [5.41, 5.74) is 11.2. The normalized spacial score (nSPS) is 11.6. The number of unbranched alkanes of at least 4 members (excludes halogenated alkanes) is 1. The van der Waals surface area contributed by atoms with Crippen LogP contribution in [0.1, 0.15) is 24.8 Å². The first-order chi connectivity index (χ1) is 11.8. The number of carbonyl (C=O) groups excluding carboxylic acids is 3. The van der Waals surface area contributed by atoms with E-state index in [-0.39, 0.29) is 18.9 Å². The van der Waals surface area contributed by atoms with Gasteiger partial charge in [-0.3, -0.25) is 14.4 Å². The highest BCUT2D eigenvalue weighted by molar-refractivity contribution is 6.35. The van der Waals surface area contributed by atoms with E-state index >= 15 is 0 Å². The van der Waals surface area contributed by atoms with Gasteiger partial charge in [0.2, 0.25) is 17.7 Å². The van der Waals surface area contributed by atoms with Crippen molar-refractivity contribution in [1.29, 1.82) is 0 Å². The zero-order valence-electron chi connectivity index (χ0n) is 13.7. The fourth-order valence-electron chi connectivity index (χ4n) is 2.10. The molecular formula is C16H22Cl2N4O3. The van der Waals surface area contributed by atoms with Gasteiger partial charge in [-0.15, -0.1) is 0 Å². The van der Waals surface area contributed by atoms with Crippen LogP contribution in [0.4, 0.5) is 0 Å². The van der Waals surface area contributed by atoms with Crippen molar-refractivity contribution in [2.24, 2.45) is 11.5 Å². The van der Waals surface area contributed by atoms with Crippen LogP contribution in [0.2, 0.25) is 10.0 Å². The number of hydrogen-bond donors (Lipinski definition) is 4. The molecule has 9 heteroatoms. The third-order valence-electron chi connectivity index (χ3n) is 3.44. The molecule has 1 aromatic rings. The summed E-state index contributed by atoms with van der Waals surface area (Å²) in [5.74, 6) is -1.49. The van der Waals surface area contributed by atoms with Gasteiger partial charge in [-0.05, 0) is 43.5 Å². The summed E-state index contributed by atoms with van der Waals surface area (Å²) in [6, 6.07) is 4.03. The van der Waals surface area contributed by atoms with Gasteiger partial charge in [0.1, 0.15) is 6.04 Å². The Balaban J connectivity index is 2.43. The molecule has 3 amide bonds. The van der Waals surface area contributed by atoms with Crippen molar-refractivity contribution in [3.05, 3.63) is 33.8 Å². The molecule has 0 saturated heterocycles. The van der Waals surface area contributed by atoms with E-state index in [2.05, 4.69) is 10.6 Å². The highest BCUT2D eigenvalue weighted by atomic mass is 35.5. The van der Waals surface area contributed by atoms with Gasteiger partial charge < -0.3 is 22.1 Å². The summed E-state index contributed by atoms with van der Waals surface area (Å²) < 4.78 is 0. The number of amides is 3. The van der Waals surface area contributed by atoms with Crippen LogP contribution >= 0.6 is 23.2 Å². The van der Waals surface area contributed by atoms with Crippen molar-refractivity contribution in [1.82, 2.24) is 10.6 Å². The van der Waals surface area contributed by atoms with Gasteiger partial charge in [-0.25, -0.2) is 0 Å². The third-order valence-corrected chi connectivity index (χ3v) is 4.02. The van der Waals surface area contributed by atoms with Gasteiger partial charge >= 0.3 is 0 Å². The molecule has 138 valence electrons. The van der Waals surface area contributed by atoms with Crippen LogP contribution < -0.4 is 22.1 Å². The number of primary amides is 1. The van der Waals surface area contributed by atoms with Gasteiger partial charge in [-0.2, -0.15) is 0 Å². The molecule has 1 atom stereocenters. The smallest absolute Gasteiger partial charge is 0.240 e. The summed E-state index contributed by atoms with van der Waals surface area (Å²) in [6.45, 7) is 0.244. The molecule has 25 heavy (non-hydrogen) atoms. The molecule has 0 aromatic heterocycles. The van der Waals surface area contributed by atoms with Crippen LogP contribution in [-0.4, -0.2) is 36.9 Å². The minimum Gasteiger partial charge on any atom is -0.368 e. The van der Waals surface area contributed by atoms with Gasteiger partial charge in [0.05, 0.1) is 13.0 Å². The topological polar surface area (TPSA) is 127 Å². The molecule has 0 fully saturated rings. The van der Waals surface area contributed by atoms with Crippen LogP contribution in [-0.2, 0) is 20.8 Å². The van der Waals surface area contributed by atoms with Crippen LogP contribution in [0.15, 0.2) is 18.2 Å². The molecule has 0 radical (unpaired) electrons. The molecule has 1 unspecified atom stereocenters. The number of rotatable bonds is 10. The maximum absolute atomic E-state index is 11.9. The van der Waals surface area contributed by atoms with Crippen LogP contribution in [0.3, 0.4) is 0 Å². The molecule has 0 aliphatic carbocycles. The lowest BCUT2D eigenvalue weighted by atomic mass is 10.1. The minimum atomic E-state index is -0.776. The van der Waals surface area contributed by atoms with Gasteiger partial charge in [0.15, 0.2) is 0 Å². The van der Waals surface area contributed by atoms with E-state index in [9.17, 15) is 14.4 Å². The fourth-order valence-corrected chi connectivity index (χ4v) is 2.58. The van der Waals surface area contributed by atoms with E-state index in [1.807, 2.05) is 0 Å². The lowest BCUT2D eigenvalue weighted by Crippen LogP contribution is -2.48. The first-order valence-electron chi connectivity index (χ1n) is 7.83. The molecule has 0 aliphatic rings. The van der Waals surface area contributed by atoms with Crippen molar-refractivity contribution in [3.8, 4) is 0 Å². The van der Waals surface area contributed by atoms with E-state index in [1.54, 1.807) is 12.1 Å². The molecule has 1 aromatic carbocycles. The summed E-state index contributed by atoms with van der Waals surface area (Å²) in [4.78, 5) is 35.1. The van der Waals surface area contributed by atoms with Crippen LogP contribution in [0.25, 0.3) is 0 Å². The van der Waals surface area contributed by atoms with E-state index < -0.39 is 17.9 Å². The second-order valence-corrected chi connectivity index (χ2v) is 6.34. The first-order valence-corrected chi connectivity index (χ1v) is 8.58. The Labute approximate surface area is 156 Å². The summed E-state index contributed by atoms with van der Waals surface area (Å²) in [5, 5.41) is 5.82. The summed E-state index contributed by atoms with van der Waals surface area (Å²) >= 11 is 11.8. The molecule has 1 rings (SSSR count). The molecule has 0 spiro atoms. The Bertz CT molecular complexity index is 625. The predicted octanol–water partition coefficient (Wildman–Crippen LogP) is 0.751. The Morgan fingerprint density at radius 2 is 1.84 bits per heavy atom. The van der Waals surface area contributed by atoms with E-state index in [4.69, 9.17) is 34.7 Å². The van der Waals surface area contributed by atoms with Crippen molar-refractivity contribution in [3.63, 3.8) is 0 Å². The Morgan fingerprint density at radius 3 is 2.44 bits per heavy atom. The van der Waals surface area contributed by atoms with Crippen molar-refractivity contribution in [2.45, 2.75) is 31.7 Å². The Kier molecular flexibility index (Phi) is 9.26. The van der Waals surface area contributed by atoms with Crippen LogP contribution in [0.5, 0.6) is 0 Å². The van der Waals surface area contributed by atoms with Crippen molar-refractivity contribution in [2.75, 3.05) is 13.1 Å². The monoisotopic (exact) mass is 388 g/mol. The first kappa shape index (κ1) is 21.2. The molecular weight excluding hydrogens is 367 g/mol. The van der Waals surface area contributed by atoms with Crippen molar-refractivity contribution >= 4 is 40.9 Å². The van der Waals surface area contributed by atoms with Gasteiger partial charge in [0.25, 0.3) is 0 Å². The van der Waals surface area contributed by atoms with E-state index in [0.29, 0.717) is 35.0 Å². The standard InChI is InChI=1S/C16H22Cl2N4O3/c17-11-5-4-10(12(18)8-11)7-14(23)21-9-15(24)22-13(16(20)25)3-1-2-6-19/h4-5,8,13H,1-3,6-7,9,19H2,(H2,20,25)(H,21,23)(H,22,24). The van der Waals surface area contributed by atoms with Crippen molar-refractivity contribution < 1.29 is 14.4 Å². The summed E-state index contributed by atoms with van der Waals surface area (Å²) in [6.07, 6.45) is 1.83. The Morgan fingerprint density at radius 1 is 1.12 bits per heavy atom. The average Bonchev–Trinajstić information content (AvgIpc) is 2.54. The average molecular weight is 389 g/mol. The van der Waals surface area contributed by atoms with Gasteiger partial charge in [-0.1, -0.05) is 29.3 Å². The second kappa shape index (κ2) is 10.9. The number of carbonyl (C=O) groups is 3. The number of benzene rings is 1. The van der Waals surface area contributed by atoms with E-state index in [1.165, 1.54) is 6.07 Å². The third kappa shape index (κ3) is 8.20. The highest BCUT2D eigenvalue weighted by Gasteiger charge is 2.18. The summed E-state index contributed by atoms with van der Waals surface area (Å²) in [7, 11) is 0. The lowest BCUT2D eigenvalue weighted by molar-refractivity contribution is -0.128. The zero-order valence-corrected chi connectivity index (χ0v) is 15.2. The lowest BCUT2D eigenvalue weighted by Gasteiger charge is -2.15. The highest BCUT2D eigenvalue weighted by Crippen LogP contribution is 2.21. The SMILES string of the molecule is NCCCCC(NC(=O)CNC(=O)Cc1ccc(Cl)cc1Cl)C(N)=O. The number of halogens is 2. The minimum absolute atomic E-state index is 0.0129. The quantitative estimate of drug-likeness (QED) is 0.441. The molecule has 0 saturated carbocycles. The molecule has 0 aliphatic heterocycles. The predicted molar refractivity (Wildman–Crippen MR) is 97.2 cm³/mol. The second-order valence-electron chi connectivity index (χ2n) is 5.50. The van der Waals surface area contributed by atoms with E-state index in [0.717, 1.165) is 6.42 Å².